The zero-order valence-corrected chi connectivity index (χ0v) is 59.4. The summed E-state index contributed by atoms with van der Waals surface area (Å²) in [5.41, 5.74) is 5.71. The fraction of sp³-hybridized carbons (Fsp3) is 0.731. The lowest BCUT2D eigenvalue weighted by molar-refractivity contribution is -0.309. The third-order valence-electron chi connectivity index (χ3n) is 21.6. The van der Waals surface area contributed by atoms with Gasteiger partial charge in [0.2, 0.25) is 17.8 Å². The number of rotatable bonds is 24. The number of hydrogen-bond donors (Lipinski definition) is 0. The summed E-state index contributed by atoms with van der Waals surface area (Å²) < 4.78 is 0. The molecular formula is C78H123N9O3. The van der Waals surface area contributed by atoms with Gasteiger partial charge in [-0.25, -0.2) is 0 Å². The number of aromatic nitrogens is 3. The molecule has 0 radical (unpaired) electrons. The molecule has 3 aromatic carbocycles. The smallest absolute Gasteiger partial charge is 0.236 e. The van der Waals surface area contributed by atoms with Crippen molar-refractivity contribution in [2.45, 2.75) is 366 Å². The van der Waals surface area contributed by atoms with E-state index in [1.807, 2.05) is 0 Å². The molecule has 0 unspecified atom stereocenters. The number of hydrogen-bond acceptors (Lipinski definition) is 12. The highest BCUT2D eigenvalue weighted by Gasteiger charge is 2.54. The van der Waals surface area contributed by atoms with Crippen molar-refractivity contribution in [3.8, 4) is 0 Å². The molecule has 6 aliphatic rings. The van der Waals surface area contributed by atoms with E-state index in [1.165, 1.54) is 91.5 Å². The number of nitrogens with zero attached hydrogens (tertiary/aromatic N) is 9. The number of anilines is 6. The molecule has 0 N–H and O–H groups in total. The minimum absolute atomic E-state index is 0.0127. The van der Waals surface area contributed by atoms with Gasteiger partial charge in [0.25, 0.3) is 0 Å². The first kappa shape index (κ1) is 68.7. The molecule has 0 amide bonds. The lowest BCUT2D eigenvalue weighted by atomic mass is 9.78. The first-order chi connectivity index (χ1) is 42.9. The third-order valence-corrected chi connectivity index (χ3v) is 21.6. The maximum atomic E-state index is 7.29. The quantitative estimate of drug-likeness (QED) is 0.0670. The van der Waals surface area contributed by atoms with Crippen molar-refractivity contribution >= 4 is 34.9 Å². The van der Waals surface area contributed by atoms with Crippen molar-refractivity contribution in [2.75, 3.05) is 14.7 Å². The highest BCUT2D eigenvalue weighted by molar-refractivity contribution is 5.71. The van der Waals surface area contributed by atoms with Gasteiger partial charge in [0.05, 0.1) is 18.3 Å². The fourth-order valence-electron chi connectivity index (χ4n) is 18.0. The molecule has 6 fully saturated rings. The molecule has 0 bridgehead atoms. The van der Waals surface area contributed by atoms with E-state index in [-0.39, 0.29) is 69.7 Å². The van der Waals surface area contributed by atoms with Crippen LogP contribution < -0.4 is 14.7 Å². The number of para-hydroxylation sites is 3. The zero-order valence-electron chi connectivity index (χ0n) is 59.4. The van der Waals surface area contributed by atoms with Crippen molar-refractivity contribution in [3.63, 3.8) is 0 Å². The first-order valence-corrected chi connectivity index (χ1v) is 36.7. The van der Waals surface area contributed by atoms with Gasteiger partial charge in [-0.1, -0.05) is 152 Å². The Morgan fingerprint density at radius 1 is 0.344 bits per heavy atom. The number of hydroxylamine groups is 6. The van der Waals surface area contributed by atoms with E-state index in [0.29, 0.717) is 0 Å². The molecule has 4 aromatic rings. The van der Waals surface area contributed by atoms with Gasteiger partial charge in [-0.05, 0) is 234 Å². The molecule has 3 aliphatic carbocycles. The summed E-state index contributed by atoms with van der Waals surface area (Å²) in [5, 5.41) is 7.30. The minimum Gasteiger partial charge on any atom is -0.307 e. The maximum Gasteiger partial charge on any atom is 0.236 e. The lowest BCUT2D eigenvalue weighted by Gasteiger charge is -2.57. The monoisotopic (exact) mass is 1230 g/mol. The van der Waals surface area contributed by atoms with Crippen molar-refractivity contribution < 1.29 is 14.5 Å². The standard InChI is InChI=1S/C78H123N9O3/c1-16-19-37-58-40-31-34-49-67(58)82(61-52-73(4,5)85(74(6,7)53-61)88-64-43-25-22-26-44-64)70-79-71(83(68-50-35-32-41-59(68)38-20-17-2)62-54-75(8,9)86(76(10,11)55-62)89-65-45-27-23-28-46-65)81-72(80-70)84(69-51-36-33-42-60(69)39-21-18-3)63-56-77(12,13)87(78(14,15)57-63)90-66-47-29-24-30-48-66/h31-36,40-42,49-51,61-66H,16-30,37-39,43-48,52-57H2,1-15H3. The van der Waals surface area contributed by atoms with Gasteiger partial charge >= 0.3 is 0 Å². The van der Waals surface area contributed by atoms with E-state index in [4.69, 9.17) is 29.5 Å². The van der Waals surface area contributed by atoms with Crippen LogP contribution in [0.2, 0.25) is 0 Å². The number of piperidine rings is 3. The van der Waals surface area contributed by atoms with Crippen LogP contribution >= 0.6 is 0 Å². The summed E-state index contributed by atoms with van der Waals surface area (Å²) in [7, 11) is 0. The Morgan fingerprint density at radius 2 is 0.567 bits per heavy atom. The molecule has 3 aliphatic heterocycles. The second-order valence-electron chi connectivity index (χ2n) is 32.6. The number of benzene rings is 3. The van der Waals surface area contributed by atoms with Gasteiger partial charge in [0, 0.05) is 68.4 Å². The normalized spacial score (nSPS) is 23.2. The predicted octanol–water partition coefficient (Wildman–Crippen LogP) is 20.2. The average molecular weight is 1230 g/mol. The van der Waals surface area contributed by atoms with Crippen LogP contribution in [0.15, 0.2) is 72.8 Å². The van der Waals surface area contributed by atoms with Gasteiger partial charge in [-0.15, -0.1) is 0 Å². The van der Waals surface area contributed by atoms with Gasteiger partial charge < -0.3 is 14.7 Å². The van der Waals surface area contributed by atoms with Crippen molar-refractivity contribution in [1.29, 1.82) is 0 Å². The van der Waals surface area contributed by atoms with E-state index in [0.717, 1.165) is 153 Å². The Morgan fingerprint density at radius 3 is 0.789 bits per heavy atom. The molecule has 1 aromatic heterocycles. The molecule has 12 nitrogen and oxygen atoms in total. The van der Waals surface area contributed by atoms with Crippen LogP contribution in [-0.2, 0) is 33.8 Å². The Kier molecular flexibility index (Phi) is 22.3. The van der Waals surface area contributed by atoms with Gasteiger partial charge in [-0.3, -0.25) is 14.5 Å². The Bertz CT molecular complexity index is 2550. The molecule has 4 heterocycles. The predicted molar refractivity (Wildman–Crippen MR) is 374 cm³/mol. The molecule has 3 saturated heterocycles. The van der Waals surface area contributed by atoms with Crippen molar-refractivity contribution in [3.05, 3.63) is 89.5 Å². The van der Waals surface area contributed by atoms with Crippen LogP contribution in [-0.4, -0.2) is 99.8 Å². The second kappa shape index (κ2) is 29.2. The summed E-state index contributed by atoms with van der Waals surface area (Å²) in [6.45, 7) is 36.1. The number of unbranched alkanes of at least 4 members (excludes halogenated alkanes) is 3. The third kappa shape index (κ3) is 15.8. The summed E-state index contributed by atoms with van der Waals surface area (Å²) in [6, 6.07) is 27.8. The van der Waals surface area contributed by atoms with Crippen LogP contribution in [0.1, 0.15) is 294 Å². The number of aryl methyl sites for hydroxylation is 3. The molecule has 12 heteroatoms. The van der Waals surface area contributed by atoms with Crippen LogP contribution in [0.25, 0.3) is 0 Å². The van der Waals surface area contributed by atoms with Gasteiger partial charge in [0.1, 0.15) is 0 Å². The van der Waals surface area contributed by atoms with Crippen LogP contribution in [0.5, 0.6) is 0 Å². The Hall–Kier alpha value is -4.17. The summed E-state index contributed by atoms with van der Waals surface area (Å²) in [5.74, 6) is 2.16. The largest absolute Gasteiger partial charge is 0.307 e. The van der Waals surface area contributed by atoms with Gasteiger partial charge in [-0.2, -0.15) is 30.1 Å². The van der Waals surface area contributed by atoms with E-state index in [9.17, 15) is 0 Å². The van der Waals surface area contributed by atoms with E-state index >= 15 is 0 Å². The molecule has 10 rings (SSSR count). The van der Waals surface area contributed by atoms with Crippen LogP contribution in [0.3, 0.4) is 0 Å². The molecule has 0 atom stereocenters. The topological polar surface area (TPSA) is 85.8 Å². The highest BCUT2D eigenvalue weighted by atomic mass is 16.7. The van der Waals surface area contributed by atoms with E-state index in [2.05, 4.69) is 207 Å². The zero-order chi connectivity index (χ0) is 64.1. The van der Waals surface area contributed by atoms with Gasteiger partial charge in [0.15, 0.2) is 0 Å². The van der Waals surface area contributed by atoms with Crippen molar-refractivity contribution in [2.24, 2.45) is 0 Å². The van der Waals surface area contributed by atoms with Crippen molar-refractivity contribution in [1.82, 2.24) is 30.1 Å². The average Bonchev–Trinajstić information content (AvgIpc) is 0.809. The summed E-state index contributed by atoms with van der Waals surface area (Å²) >= 11 is 0. The SMILES string of the molecule is CCCCc1ccccc1N(c1nc(N(c2ccccc2CCCC)C2CC(C)(C)N(OC3CCCCC3)C(C)(C)C2)nc(N(c2ccccc2CCCC)C2CC(C)(C)N(OC3CCCCC3)C(C)(C)C2)n1)C1CC(C)(C)N(OC2CCCCC2)C(C)(C)C1. The van der Waals surface area contributed by atoms with E-state index < -0.39 is 0 Å². The molecule has 498 valence electrons. The Balaban J connectivity index is 1.23. The van der Waals surface area contributed by atoms with E-state index in [1.54, 1.807) is 0 Å². The molecular weight excluding hydrogens is 1110 g/mol. The highest BCUT2D eigenvalue weighted by Crippen LogP contribution is 2.51. The molecule has 90 heavy (non-hydrogen) atoms. The fourth-order valence-corrected chi connectivity index (χ4v) is 18.0. The molecule has 0 spiro atoms. The maximum absolute atomic E-state index is 7.29. The summed E-state index contributed by atoms with van der Waals surface area (Å²) in [6.07, 6.45) is 33.4. The molecule has 3 saturated carbocycles. The van der Waals surface area contributed by atoms with Crippen LogP contribution in [0.4, 0.5) is 34.9 Å². The minimum atomic E-state index is -0.316. The Labute approximate surface area is 547 Å². The first-order valence-electron chi connectivity index (χ1n) is 36.7. The van der Waals surface area contributed by atoms with Crippen LogP contribution in [0, 0.1) is 0 Å². The lowest BCUT2D eigenvalue weighted by Crippen LogP contribution is -2.65. The second-order valence-corrected chi connectivity index (χ2v) is 32.6. The summed E-state index contributed by atoms with van der Waals surface area (Å²) in [4.78, 5) is 48.4.